The van der Waals surface area contributed by atoms with Crippen molar-refractivity contribution in [1.29, 1.82) is 0 Å². The number of ether oxygens (including phenoxy) is 3. The molecule has 0 bridgehead atoms. The smallest absolute Gasteiger partial charge is 0.264 e. The molecule has 2 N–H and O–H groups in total. The average molecular weight is 614 g/mol. The lowest BCUT2D eigenvalue weighted by Gasteiger charge is -2.14. The fourth-order valence-corrected chi connectivity index (χ4v) is 4.71. The molecule has 0 radical (unpaired) electrons. The van der Waals surface area contributed by atoms with Gasteiger partial charge in [0.05, 0.1) is 23.8 Å². The van der Waals surface area contributed by atoms with Crippen LogP contribution in [0.3, 0.4) is 0 Å². The molecule has 8 nitrogen and oxygen atoms in total. The van der Waals surface area contributed by atoms with E-state index >= 15 is 0 Å². The van der Waals surface area contributed by atoms with Gasteiger partial charge in [-0.3, -0.25) is 9.59 Å². The molecular formula is C28H25BrFN3O5S. The highest BCUT2D eigenvalue weighted by Gasteiger charge is 2.24. The lowest BCUT2D eigenvalue weighted by molar-refractivity contribution is -0.118. The molecule has 0 unspecified atom stereocenters. The van der Waals surface area contributed by atoms with Gasteiger partial charge in [0.25, 0.3) is 11.8 Å². The number of thioether (sulfide) groups is 1. The number of amides is 2. The molecule has 3 aromatic carbocycles. The summed E-state index contributed by atoms with van der Waals surface area (Å²) in [6.07, 6.45) is 1.72. The lowest BCUT2D eigenvalue weighted by Crippen LogP contribution is -2.20. The Morgan fingerprint density at radius 1 is 1.03 bits per heavy atom. The number of carbonyl (C=O) groups is 2. The SMILES string of the molecule is CCOc1ccc(N=C2NC(=O)/C(=C\c3cc(OCC)c(OCC(=O)Nc4ccc(F)cc4)cc3Br)S2)cc1. The average Bonchev–Trinajstić information content (AvgIpc) is 3.26. The third kappa shape index (κ3) is 7.84. The Labute approximate surface area is 237 Å². The topological polar surface area (TPSA) is 98.2 Å². The van der Waals surface area contributed by atoms with E-state index in [-0.39, 0.29) is 12.5 Å². The van der Waals surface area contributed by atoms with Crippen LogP contribution < -0.4 is 24.8 Å². The zero-order valence-electron chi connectivity index (χ0n) is 21.1. The summed E-state index contributed by atoms with van der Waals surface area (Å²) in [5.41, 5.74) is 1.82. The third-order valence-electron chi connectivity index (χ3n) is 5.17. The number of halogens is 2. The fraction of sp³-hybridized carbons (Fsp3) is 0.179. The second kappa shape index (κ2) is 13.3. The van der Waals surface area contributed by atoms with Gasteiger partial charge < -0.3 is 24.8 Å². The Kier molecular flexibility index (Phi) is 9.61. The number of aliphatic imine (C=N–C) groups is 1. The van der Waals surface area contributed by atoms with Crippen molar-refractivity contribution >= 4 is 62.1 Å². The summed E-state index contributed by atoms with van der Waals surface area (Å²) >= 11 is 4.74. The molecule has 1 fully saturated rings. The summed E-state index contributed by atoms with van der Waals surface area (Å²) < 4.78 is 30.6. The maximum Gasteiger partial charge on any atom is 0.264 e. The van der Waals surface area contributed by atoms with Gasteiger partial charge in [0.2, 0.25) is 0 Å². The molecule has 1 saturated heterocycles. The van der Waals surface area contributed by atoms with Crippen LogP contribution in [-0.4, -0.2) is 36.8 Å². The predicted octanol–water partition coefficient (Wildman–Crippen LogP) is 6.29. The van der Waals surface area contributed by atoms with Gasteiger partial charge in [-0.25, -0.2) is 9.38 Å². The minimum Gasteiger partial charge on any atom is -0.494 e. The van der Waals surface area contributed by atoms with E-state index in [0.29, 0.717) is 56.2 Å². The van der Waals surface area contributed by atoms with Crippen molar-refractivity contribution in [3.05, 3.63) is 81.4 Å². The standard InChI is InChI=1S/C28H25BrFN3O5S/c1-3-36-21-11-9-20(10-12-21)32-28-33-27(35)25(39-28)14-17-13-23(37-4-2)24(15-22(17)29)38-16-26(34)31-19-7-5-18(30)6-8-19/h5-15H,3-4,16H2,1-2H3,(H,31,34)(H,32,33,35)/b25-14+. The van der Waals surface area contributed by atoms with Crippen molar-refractivity contribution in [3.63, 3.8) is 0 Å². The van der Waals surface area contributed by atoms with E-state index in [2.05, 4.69) is 31.6 Å². The molecule has 0 spiro atoms. The molecule has 4 rings (SSSR count). The molecule has 1 heterocycles. The van der Waals surface area contributed by atoms with Crippen molar-refractivity contribution in [1.82, 2.24) is 5.32 Å². The first kappa shape index (κ1) is 28.2. The summed E-state index contributed by atoms with van der Waals surface area (Å²) in [5.74, 6) is 0.434. The molecule has 0 saturated carbocycles. The maximum absolute atomic E-state index is 13.1. The molecule has 11 heteroatoms. The molecule has 3 aromatic rings. The predicted molar refractivity (Wildman–Crippen MR) is 154 cm³/mol. The molecule has 0 aromatic heterocycles. The second-order valence-corrected chi connectivity index (χ2v) is 9.89. The van der Waals surface area contributed by atoms with E-state index < -0.39 is 11.7 Å². The van der Waals surface area contributed by atoms with Crippen LogP contribution in [-0.2, 0) is 9.59 Å². The lowest BCUT2D eigenvalue weighted by atomic mass is 10.2. The largest absolute Gasteiger partial charge is 0.494 e. The van der Waals surface area contributed by atoms with Crippen molar-refractivity contribution in [2.75, 3.05) is 25.1 Å². The molecule has 0 atom stereocenters. The van der Waals surface area contributed by atoms with Gasteiger partial charge in [0.15, 0.2) is 23.3 Å². The van der Waals surface area contributed by atoms with Crippen LogP contribution in [0, 0.1) is 5.82 Å². The van der Waals surface area contributed by atoms with E-state index in [0.717, 1.165) is 5.75 Å². The van der Waals surface area contributed by atoms with E-state index in [1.54, 1.807) is 18.2 Å². The van der Waals surface area contributed by atoms with E-state index in [1.165, 1.54) is 36.0 Å². The summed E-state index contributed by atoms with van der Waals surface area (Å²) in [4.78, 5) is 29.9. The Bertz CT molecular complexity index is 1410. The second-order valence-electron chi connectivity index (χ2n) is 8.01. The van der Waals surface area contributed by atoms with Crippen molar-refractivity contribution < 1.29 is 28.2 Å². The quantitative estimate of drug-likeness (QED) is 0.261. The highest BCUT2D eigenvalue weighted by molar-refractivity contribution is 9.10. The highest BCUT2D eigenvalue weighted by Crippen LogP contribution is 2.37. The minimum atomic E-state index is -0.412. The van der Waals surface area contributed by atoms with Gasteiger partial charge >= 0.3 is 0 Å². The normalized spacial score (nSPS) is 14.8. The van der Waals surface area contributed by atoms with Crippen molar-refractivity contribution in [3.8, 4) is 17.2 Å². The highest BCUT2D eigenvalue weighted by atomic mass is 79.9. The van der Waals surface area contributed by atoms with Crippen molar-refractivity contribution in [2.24, 2.45) is 4.99 Å². The first-order valence-corrected chi connectivity index (χ1v) is 13.6. The molecular weight excluding hydrogens is 589 g/mol. The summed E-state index contributed by atoms with van der Waals surface area (Å²) in [6, 6.07) is 16.1. The zero-order chi connectivity index (χ0) is 27.8. The number of nitrogens with zero attached hydrogens (tertiary/aromatic N) is 1. The molecule has 202 valence electrons. The number of carbonyl (C=O) groups excluding carboxylic acids is 2. The number of rotatable bonds is 10. The van der Waals surface area contributed by atoms with Gasteiger partial charge in [0.1, 0.15) is 11.6 Å². The first-order chi connectivity index (χ1) is 18.8. The maximum atomic E-state index is 13.1. The number of amidine groups is 1. The summed E-state index contributed by atoms with van der Waals surface area (Å²) in [5, 5.41) is 5.88. The summed E-state index contributed by atoms with van der Waals surface area (Å²) in [7, 11) is 0. The Balaban J connectivity index is 1.46. The van der Waals surface area contributed by atoms with Crippen LogP contribution in [0.25, 0.3) is 6.08 Å². The van der Waals surface area contributed by atoms with Crippen LogP contribution in [0.4, 0.5) is 15.8 Å². The van der Waals surface area contributed by atoms with Crippen LogP contribution in [0.5, 0.6) is 17.2 Å². The van der Waals surface area contributed by atoms with Gasteiger partial charge in [0, 0.05) is 10.2 Å². The van der Waals surface area contributed by atoms with Crippen LogP contribution >= 0.6 is 27.7 Å². The fourth-order valence-electron chi connectivity index (χ4n) is 3.44. The van der Waals surface area contributed by atoms with Gasteiger partial charge in [-0.05, 0) is 97.9 Å². The third-order valence-corrected chi connectivity index (χ3v) is 6.76. The van der Waals surface area contributed by atoms with Crippen LogP contribution in [0.2, 0.25) is 0 Å². The van der Waals surface area contributed by atoms with Gasteiger partial charge in [-0.15, -0.1) is 0 Å². The monoisotopic (exact) mass is 613 g/mol. The Morgan fingerprint density at radius 2 is 1.72 bits per heavy atom. The molecule has 2 amide bonds. The number of hydrogen-bond donors (Lipinski definition) is 2. The van der Waals surface area contributed by atoms with Gasteiger partial charge in [-0.2, -0.15) is 0 Å². The molecule has 1 aliphatic rings. The Morgan fingerprint density at radius 3 is 2.41 bits per heavy atom. The Hall–Kier alpha value is -3.83. The molecule has 1 aliphatic heterocycles. The number of benzene rings is 3. The minimum absolute atomic E-state index is 0.271. The van der Waals surface area contributed by atoms with E-state index in [4.69, 9.17) is 14.2 Å². The number of hydrogen-bond acceptors (Lipinski definition) is 7. The number of anilines is 1. The first-order valence-electron chi connectivity index (χ1n) is 12.0. The molecule has 39 heavy (non-hydrogen) atoms. The number of nitrogens with one attached hydrogen (secondary N) is 2. The molecule has 0 aliphatic carbocycles. The van der Waals surface area contributed by atoms with Crippen molar-refractivity contribution in [2.45, 2.75) is 13.8 Å². The van der Waals surface area contributed by atoms with Crippen LogP contribution in [0.1, 0.15) is 19.4 Å². The van der Waals surface area contributed by atoms with Crippen LogP contribution in [0.15, 0.2) is 75.0 Å². The van der Waals surface area contributed by atoms with E-state index in [1.807, 2.05) is 38.1 Å². The van der Waals surface area contributed by atoms with Gasteiger partial charge in [-0.1, -0.05) is 15.9 Å². The summed E-state index contributed by atoms with van der Waals surface area (Å²) in [6.45, 7) is 4.40. The van der Waals surface area contributed by atoms with E-state index in [9.17, 15) is 14.0 Å². The zero-order valence-corrected chi connectivity index (χ0v) is 23.5.